The molecule has 0 aliphatic rings. The average Bonchev–Trinajstić information content (AvgIpc) is 2.53. The van der Waals surface area contributed by atoms with Crippen LogP contribution in [0.4, 0.5) is 5.69 Å². The van der Waals surface area contributed by atoms with Gasteiger partial charge in [-0.2, -0.15) is 0 Å². The topological polar surface area (TPSA) is 64.4 Å². The number of rotatable bonds is 8. The van der Waals surface area contributed by atoms with Crippen molar-refractivity contribution in [3.8, 4) is 5.75 Å². The second kappa shape index (κ2) is 8.29. The molecule has 122 valence electrons. The fraction of sp³-hybridized carbons (Fsp3) is 0.333. The van der Waals surface area contributed by atoms with Crippen molar-refractivity contribution in [1.29, 1.82) is 0 Å². The molecule has 0 saturated carbocycles. The number of nitro groups is 1. The number of hydrogen-bond acceptors (Lipinski definition) is 4. The Morgan fingerprint density at radius 1 is 1.13 bits per heavy atom. The minimum atomic E-state index is -0.411. The number of hydrogen-bond donors (Lipinski definition) is 1. The highest BCUT2D eigenvalue weighted by molar-refractivity contribution is 5.48. The average molecular weight is 314 g/mol. The van der Waals surface area contributed by atoms with Crippen LogP contribution < -0.4 is 10.1 Å². The number of nitro benzene ring substituents is 1. The zero-order chi connectivity index (χ0) is 16.7. The summed E-state index contributed by atoms with van der Waals surface area (Å²) >= 11 is 0. The van der Waals surface area contributed by atoms with Gasteiger partial charge in [-0.25, -0.2) is 0 Å². The molecule has 2 aromatic carbocycles. The van der Waals surface area contributed by atoms with E-state index in [0.717, 1.165) is 17.7 Å². The molecule has 0 spiro atoms. The van der Waals surface area contributed by atoms with Crippen molar-refractivity contribution < 1.29 is 9.66 Å². The third-order valence-electron chi connectivity index (χ3n) is 3.34. The van der Waals surface area contributed by atoms with Crippen LogP contribution in [0, 0.1) is 16.0 Å². The lowest BCUT2D eigenvalue weighted by molar-refractivity contribution is -0.386. The molecule has 0 aliphatic heterocycles. The molecule has 0 unspecified atom stereocenters. The van der Waals surface area contributed by atoms with Gasteiger partial charge in [0.2, 0.25) is 0 Å². The zero-order valence-corrected chi connectivity index (χ0v) is 13.5. The first kappa shape index (κ1) is 17.0. The van der Waals surface area contributed by atoms with Crippen LogP contribution in [-0.4, -0.2) is 11.5 Å². The van der Waals surface area contributed by atoms with Gasteiger partial charge in [-0.15, -0.1) is 0 Å². The molecule has 0 atom stereocenters. The summed E-state index contributed by atoms with van der Waals surface area (Å²) in [7, 11) is 0. The van der Waals surface area contributed by atoms with Gasteiger partial charge in [0.25, 0.3) is 0 Å². The molecule has 0 aromatic heterocycles. The summed E-state index contributed by atoms with van der Waals surface area (Å²) < 4.78 is 5.68. The fourth-order valence-corrected chi connectivity index (χ4v) is 2.18. The minimum Gasteiger partial charge on any atom is -0.482 e. The minimum absolute atomic E-state index is 0.00598. The molecular weight excluding hydrogens is 292 g/mol. The summed E-state index contributed by atoms with van der Waals surface area (Å²) in [5, 5.41) is 14.5. The van der Waals surface area contributed by atoms with Crippen molar-refractivity contribution >= 4 is 5.69 Å². The number of benzene rings is 2. The third-order valence-corrected chi connectivity index (χ3v) is 3.34. The number of ether oxygens (including phenoxy) is 1. The summed E-state index contributed by atoms with van der Waals surface area (Å²) in [5.41, 5.74) is 1.94. The van der Waals surface area contributed by atoms with E-state index in [-0.39, 0.29) is 5.69 Å². The Labute approximate surface area is 136 Å². The van der Waals surface area contributed by atoms with Crippen molar-refractivity contribution in [2.24, 2.45) is 5.92 Å². The van der Waals surface area contributed by atoms with E-state index in [0.29, 0.717) is 24.8 Å². The Bertz CT molecular complexity index is 642. The van der Waals surface area contributed by atoms with E-state index in [1.807, 2.05) is 30.3 Å². The smallest absolute Gasteiger partial charge is 0.310 e. The van der Waals surface area contributed by atoms with Crippen LogP contribution in [0.15, 0.2) is 48.5 Å². The van der Waals surface area contributed by atoms with Crippen molar-refractivity contribution in [1.82, 2.24) is 5.32 Å². The van der Waals surface area contributed by atoms with E-state index in [2.05, 4.69) is 19.2 Å². The van der Waals surface area contributed by atoms with E-state index in [4.69, 9.17) is 4.74 Å². The maximum absolute atomic E-state index is 11.2. The monoisotopic (exact) mass is 314 g/mol. The Morgan fingerprint density at radius 3 is 2.52 bits per heavy atom. The molecule has 0 aliphatic carbocycles. The second-order valence-corrected chi connectivity index (χ2v) is 5.86. The first-order valence-electron chi connectivity index (χ1n) is 7.71. The van der Waals surface area contributed by atoms with E-state index >= 15 is 0 Å². The van der Waals surface area contributed by atoms with Gasteiger partial charge in [0.15, 0.2) is 5.75 Å². The normalized spacial score (nSPS) is 10.7. The Hall–Kier alpha value is -2.40. The van der Waals surface area contributed by atoms with Crippen molar-refractivity contribution in [3.05, 3.63) is 69.8 Å². The third kappa shape index (κ3) is 5.38. The number of nitrogens with zero attached hydrogens (tertiary/aromatic N) is 1. The first-order valence-corrected chi connectivity index (χ1v) is 7.71. The molecule has 0 bridgehead atoms. The molecule has 0 fully saturated rings. The molecule has 0 amide bonds. The molecule has 0 radical (unpaired) electrons. The van der Waals surface area contributed by atoms with Crippen LogP contribution in [0.1, 0.15) is 25.0 Å². The largest absolute Gasteiger partial charge is 0.482 e. The van der Waals surface area contributed by atoms with Gasteiger partial charge in [-0.1, -0.05) is 50.2 Å². The predicted octanol–water partition coefficient (Wildman–Crippen LogP) is 3.92. The summed E-state index contributed by atoms with van der Waals surface area (Å²) in [5.74, 6) is 0.865. The molecule has 2 aromatic rings. The summed E-state index contributed by atoms with van der Waals surface area (Å²) in [4.78, 5) is 10.7. The van der Waals surface area contributed by atoms with Crippen LogP contribution in [0.5, 0.6) is 5.75 Å². The second-order valence-electron chi connectivity index (χ2n) is 5.86. The van der Waals surface area contributed by atoms with Crippen LogP contribution >= 0.6 is 0 Å². The number of nitrogens with one attached hydrogen (secondary N) is 1. The molecule has 0 saturated heterocycles. The lowest BCUT2D eigenvalue weighted by Crippen LogP contribution is -2.19. The van der Waals surface area contributed by atoms with Crippen LogP contribution in [-0.2, 0) is 13.2 Å². The molecule has 0 heterocycles. The molecule has 5 heteroatoms. The highest BCUT2D eigenvalue weighted by Gasteiger charge is 2.15. The van der Waals surface area contributed by atoms with Crippen molar-refractivity contribution in [3.63, 3.8) is 0 Å². The summed E-state index contributed by atoms with van der Waals surface area (Å²) in [6, 6.07) is 14.6. The standard InChI is InChI=1S/C18H22N2O3/c1-14(2)11-19-12-16-8-9-17(20(21)22)18(10-16)23-13-15-6-4-3-5-7-15/h3-10,14,19H,11-13H2,1-2H3. The van der Waals surface area contributed by atoms with Gasteiger partial charge in [0.05, 0.1) is 4.92 Å². The highest BCUT2D eigenvalue weighted by Crippen LogP contribution is 2.28. The van der Waals surface area contributed by atoms with Gasteiger partial charge in [-0.3, -0.25) is 10.1 Å². The van der Waals surface area contributed by atoms with E-state index in [9.17, 15) is 10.1 Å². The van der Waals surface area contributed by atoms with Gasteiger partial charge in [0.1, 0.15) is 6.61 Å². The van der Waals surface area contributed by atoms with Crippen LogP contribution in [0.2, 0.25) is 0 Å². The van der Waals surface area contributed by atoms with Crippen molar-refractivity contribution in [2.45, 2.75) is 27.0 Å². The Morgan fingerprint density at radius 2 is 1.87 bits per heavy atom. The zero-order valence-electron chi connectivity index (χ0n) is 13.5. The Kier molecular flexibility index (Phi) is 6.11. The maximum Gasteiger partial charge on any atom is 0.310 e. The molecule has 1 N–H and O–H groups in total. The van der Waals surface area contributed by atoms with Gasteiger partial charge in [-0.05, 0) is 29.7 Å². The first-order chi connectivity index (χ1) is 11.1. The van der Waals surface area contributed by atoms with Crippen LogP contribution in [0.25, 0.3) is 0 Å². The molecule has 5 nitrogen and oxygen atoms in total. The van der Waals surface area contributed by atoms with E-state index in [1.165, 1.54) is 6.07 Å². The fourth-order valence-electron chi connectivity index (χ4n) is 2.18. The quantitative estimate of drug-likeness (QED) is 0.592. The highest BCUT2D eigenvalue weighted by atomic mass is 16.6. The van der Waals surface area contributed by atoms with Gasteiger partial charge < -0.3 is 10.1 Å². The molecule has 2 rings (SSSR count). The Balaban J connectivity index is 2.09. The SMILES string of the molecule is CC(C)CNCc1ccc([N+](=O)[O-])c(OCc2ccccc2)c1. The van der Waals surface area contributed by atoms with Crippen LogP contribution in [0.3, 0.4) is 0 Å². The van der Waals surface area contributed by atoms with E-state index < -0.39 is 4.92 Å². The lowest BCUT2D eigenvalue weighted by atomic mass is 10.1. The van der Waals surface area contributed by atoms with Gasteiger partial charge >= 0.3 is 5.69 Å². The lowest BCUT2D eigenvalue weighted by Gasteiger charge is -2.10. The summed E-state index contributed by atoms with van der Waals surface area (Å²) in [6.45, 7) is 6.15. The maximum atomic E-state index is 11.2. The van der Waals surface area contributed by atoms with Crippen molar-refractivity contribution in [2.75, 3.05) is 6.54 Å². The molecular formula is C18H22N2O3. The van der Waals surface area contributed by atoms with E-state index in [1.54, 1.807) is 12.1 Å². The molecule has 23 heavy (non-hydrogen) atoms. The van der Waals surface area contributed by atoms with Gasteiger partial charge in [0, 0.05) is 12.6 Å². The summed E-state index contributed by atoms with van der Waals surface area (Å²) in [6.07, 6.45) is 0. The predicted molar refractivity (Wildman–Crippen MR) is 90.4 cm³/mol.